The molecule has 1 aromatic carbocycles. The second-order valence-corrected chi connectivity index (χ2v) is 5.03. The van der Waals surface area contributed by atoms with Crippen LogP contribution in [0.5, 0.6) is 0 Å². The van der Waals surface area contributed by atoms with E-state index >= 15 is 0 Å². The molecule has 0 aliphatic rings. The van der Waals surface area contributed by atoms with Crippen molar-refractivity contribution < 1.29 is 0 Å². The lowest BCUT2D eigenvalue weighted by atomic mass is 10.1. The molecule has 2 heterocycles. The molecule has 0 fully saturated rings. The van der Waals surface area contributed by atoms with Crippen LogP contribution in [0.4, 0.5) is 0 Å². The summed E-state index contributed by atoms with van der Waals surface area (Å²) in [6.07, 6.45) is 4.04. The molecule has 3 aromatic rings. The van der Waals surface area contributed by atoms with Gasteiger partial charge < -0.3 is 10.3 Å². The highest BCUT2D eigenvalue weighted by Gasteiger charge is 2.06. The number of hydrogen-bond acceptors (Lipinski definition) is 2. The summed E-state index contributed by atoms with van der Waals surface area (Å²) in [6, 6.07) is 8.39. The van der Waals surface area contributed by atoms with E-state index in [1.54, 1.807) is 0 Å². The van der Waals surface area contributed by atoms with Gasteiger partial charge in [0.25, 0.3) is 0 Å². The van der Waals surface area contributed by atoms with Gasteiger partial charge in [-0.1, -0.05) is 18.2 Å². The summed E-state index contributed by atoms with van der Waals surface area (Å²) in [5.74, 6) is 0. The molecule has 0 saturated carbocycles. The lowest BCUT2D eigenvalue weighted by Crippen LogP contribution is -2.13. The third-order valence-electron chi connectivity index (χ3n) is 3.81. The monoisotopic (exact) mass is 268 g/mol. The first-order chi connectivity index (χ1) is 9.79. The fourth-order valence-corrected chi connectivity index (χ4v) is 2.59. The van der Waals surface area contributed by atoms with Crippen LogP contribution in [0.25, 0.3) is 10.9 Å². The van der Waals surface area contributed by atoms with E-state index < -0.39 is 0 Å². The molecule has 104 valence electrons. The SMILES string of the molecule is CCn1ncc(CNCc2c[nH]c3ccccc23)c1C. The molecule has 0 spiro atoms. The number of nitrogens with zero attached hydrogens (tertiary/aromatic N) is 2. The van der Waals surface area contributed by atoms with Crippen molar-refractivity contribution in [2.75, 3.05) is 0 Å². The number of aromatic nitrogens is 3. The van der Waals surface area contributed by atoms with Crippen molar-refractivity contribution in [1.29, 1.82) is 0 Å². The normalized spacial score (nSPS) is 11.3. The molecule has 3 rings (SSSR count). The molecule has 0 amide bonds. The van der Waals surface area contributed by atoms with Crippen molar-refractivity contribution in [3.8, 4) is 0 Å². The van der Waals surface area contributed by atoms with Crippen LogP contribution in [0.3, 0.4) is 0 Å². The topological polar surface area (TPSA) is 45.6 Å². The third-order valence-corrected chi connectivity index (χ3v) is 3.81. The fourth-order valence-electron chi connectivity index (χ4n) is 2.59. The molecule has 0 atom stereocenters. The smallest absolute Gasteiger partial charge is 0.0537 e. The van der Waals surface area contributed by atoms with E-state index in [9.17, 15) is 0 Å². The maximum atomic E-state index is 4.37. The number of nitrogens with one attached hydrogen (secondary N) is 2. The molecule has 0 bridgehead atoms. The van der Waals surface area contributed by atoms with Gasteiger partial charge in [0, 0.05) is 48.0 Å². The Kier molecular flexibility index (Phi) is 3.56. The minimum atomic E-state index is 0.853. The van der Waals surface area contributed by atoms with Crippen molar-refractivity contribution in [2.24, 2.45) is 0 Å². The van der Waals surface area contributed by atoms with Gasteiger partial charge in [-0.2, -0.15) is 5.10 Å². The van der Waals surface area contributed by atoms with Gasteiger partial charge in [-0.15, -0.1) is 0 Å². The quantitative estimate of drug-likeness (QED) is 0.747. The summed E-state index contributed by atoms with van der Waals surface area (Å²) in [5.41, 5.74) is 5.02. The van der Waals surface area contributed by atoms with E-state index in [4.69, 9.17) is 0 Å². The molecule has 4 nitrogen and oxygen atoms in total. The number of hydrogen-bond donors (Lipinski definition) is 2. The Hall–Kier alpha value is -2.07. The second kappa shape index (κ2) is 5.51. The highest BCUT2D eigenvalue weighted by Crippen LogP contribution is 2.17. The van der Waals surface area contributed by atoms with Crippen LogP contribution in [0.15, 0.2) is 36.7 Å². The van der Waals surface area contributed by atoms with Crippen LogP contribution >= 0.6 is 0 Å². The molecule has 2 N–H and O–H groups in total. The zero-order chi connectivity index (χ0) is 13.9. The first-order valence-electron chi connectivity index (χ1n) is 7.06. The summed E-state index contributed by atoms with van der Waals surface area (Å²) in [4.78, 5) is 3.30. The minimum absolute atomic E-state index is 0.853. The molecular formula is C16H20N4. The summed E-state index contributed by atoms with van der Waals surface area (Å²) in [7, 11) is 0. The van der Waals surface area contributed by atoms with Gasteiger partial charge in [-0.05, 0) is 25.5 Å². The molecular weight excluding hydrogens is 248 g/mol. The predicted octanol–water partition coefficient (Wildman–Crippen LogP) is 2.98. The van der Waals surface area contributed by atoms with E-state index in [2.05, 4.69) is 59.7 Å². The summed E-state index contributed by atoms with van der Waals surface area (Å²) in [6.45, 7) is 6.88. The van der Waals surface area contributed by atoms with Crippen LogP contribution in [0.1, 0.15) is 23.7 Å². The van der Waals surface area contributed by atoms with Crippen LogP contribution in [-0.4, -0.2) is 14.8 Å². The Morgan fingerprint density at radius 1 is 1.20 bits per heavy atom. The third kappa shape index (κ3) is 2.34. The largest absolute Gasteiger partial charge is 0.361 e. The molecule has 0 saturated heterocycles. The summed E-state index contributed by atoms with van der Waals surface area (Å²) < 4.78 is 2.03. The predicted molar refractivity (Wildman–Crippen MR) is 81.5 cm³/mol. The minimum Gasteiger partial charge on any atom is -0.361 e. The van der Waals surface area contributed by atoms with Gasteiger partial charge >= 0.3 is 0 Å². The first-order valence-corrected chi connectivity index (χ1v) is 7.06. The molecule has 0 unspecified atom stereocenters. The van der Waals surface area contributed by atoms with Crippen LogP contribution in [0.2, 0.25) is 0 Å². The molecule has 0 aliphatic heterocycles. The van der Waals surface area contributed by atoms with Crippen molar-refractivity contribution in [2.45, 2.75) is 33.5 Å². The molecule has 0 radical (unpaired) electrons. The number of aryl methyl sites for hydroxylation is 1. The Morgan fingerprint density at radius 2 is 2.00 bits per heavy atom. The Morgan fingerprint density at radius 3 is 2.80 bits per heavy atom. The molecule has 20 heavy (non-hydrogen) atoms. The van der Waals surface area contributed by atoms with Gasteiger partial charge in [-0.3, -0.25) is 4.68 Å². The zero-order valence-corrected chi connectivity index (χ0v) is 12.0. The van der Waals surface area contributed by atoms with Gasteiger partial charge in [0.2, 0.25) is 0 Å². The maximum absolute atomic E-state index is 4.37. The Labute approximate surface area is 118 Å². The number of rotatable bonds is 5. The standard InChI is InChI=1S/C16H20N4/c1-3-20-12(2)13(11-19-20)8-17-9-14-10-18-16-7-5-4-6-15(14)16/h4-7,10-11,17-18H,3,8-9H2,1-2H3. The van der Waals surface area contributed by atoms with Crippen LogP contribution < -0.4 is 5.32 Å². The molecule has 0 aliphatic carbocycles. The fraction of sp³-hybridized carbons (Fsp3) is 0.312. The molecule has 2 aromatic heterocycles. The number of benzene rings is 1. The Balaban J connectivity index is 1.66. The number of H-pyrrole nitrogens is 1. The van der Waals surface area contributed by atoms with E-state index in [1.807, 2.05) is 10.9 Å². The van der Waals surface area contributed by atoms with Gasteiger partial charge in [0.05, 0.1) is 6.20 Å². The van der Waals surface area contributed by atoms with E-state index in [0.29, 0.717) is 0 Å². The number of aromatic amines is 1. The summed E-state index contributed by atoms with van der Waals surface area (Å²) in [5, 5.41) is 9.16. The zero-order valence-electron chi connectivity index (χ0n) is 12.0. The van der Waals surface area contributed by atoms with Crippen LogP contribution in [-0.2, 0) is 19.6 Å². The van der Waals surface area contributed by atoms with Gasteiger partial charge in [-0.25, -0.2) is 0 Å². The van der Waals surface area contributed by atoms with Crippen molar-refractivity contribution in [3.05, 3.63) is 53.5 Å². The molecule has 4 heteroatoms. The lowest BCUT2D eigenvalue weighted by Gasteiger charge is -2.05. The lowest BCUT2D eigenvalue weighted by molar-refractivity contribution is 0.634. The van der Waals surface area contributed by atoms with E-state index in [1.165, 1.54) is 27.7 Å². The average Bonchev–Trinajstić information content (AvgIpc) is 3.04. The van der Waals surface area contributed by atoms with Crippen molar-refractivity contribution in [3.63, 3.8) is 0 Å². The van der Waals surface area contributed by atoms with E-state index in [-0.39, 0.29) is 0 Å². The first kappa shape index (κ1) is 12.9. The number of para-hydroxylation sites is 1. The van der Waals surface area contributed by atoms with Crippen molar-refractivity contribution >= 4 is 10.9 Å². The second-order valence-electron chi connectivity index (χ2n) is 5.03. The number of fused-ring (bicyclic) bond motifs is 1. The van der Waals surface area contributed by atoms with E-state index in [0.717, 1.165) is 19.6 Å². The Bertz CT molecular complexity index is 708. The maximum Gasteiger partial charge on any atom is 0.0537 e. The highest BCUT2D eigenvalue weighted by atomic mass is 15.3. The van der Waals surface area contributed by atoms with Crippen LogP contribution in [0, 0.1) is 6.92 Å². The van der Waals surface area contributed by atoms with Gasteiger partial charge in [0.1, 0.15) is 0 Å². The average molecular weight is 268 g/mol. The van der Waals surface area contributed by atoms with Crippen molar-refractivity contribution in [1.82, 2.24) is 20.1 Å². The highest BCUT2D eigenvalue weighted by molar-refractivity contribution is 5.82. The van der Waals surface area contributed by atoms with Gasteiger partial charge in [0.15, 0.2) is 0 Å². The summed E-state index contributed by atoms with van der Waals surface area (Å²) >= 11 is 0.